The van der Waals surface area contributed by atoms with Gasteiger partial charge in [-0.05, 0) is 32.5 Å². The summed E-state index contributed by atoms with van der Waals surface area (Å²) in [6.45, 7) is 3.81. The summed E-state index contributed by atoms with van der Waals surface area (Å²) in [5, 5.41) is 3.85. The van der Waals surface area contributed by atoms with Crippen molar-refractivity contribution >= 4 is 9.84 Å². The Balaban J connectivity index is 2.08. The maximum absolute atomic E-state index is 13.6. The summed E-state index contributed by atoms with van der Waals surface area (Å²) in [5.74, 6) is 0.382. The van der Waals surface area contributed by atoms with E-state index in [-0.39, 0.29) is 17.6 Å². The molecule has 126 valence electrons. The van der Waals surface area contributed by atoms with Crippen molar-refractivity contribution in [3.8, 4) is 11.4 Å². The molecule has 0 radical (unpaired) electrons. The number of aromatic nitrogens is 2. The minimum atomic E-state index is -3.06. The predicted octanol–water partition coefficient (Wildman–Crippen LogP) is 2.05. The second-order valence-electron chi connectivity index (χ2n) is 5.83. The van der Waals surface area contributed by atoms with Gasteiger partial charge >= 0.3 is 0 Å². The molecule has 6 nitrogen and oxygen atoms in total. The minimum absolute atomic E-state index is 0.0493. The standard InChI is InChI=1S/C15H20FN3O3S/c1-10-5-6-12(7-13(10)16)15-17-14(22-18-15)8-19(3)11(2)9-23(4,20)21/h5-7,11H,8-9H2,1-4H3/t11-/m1/s1. The molecule has 23 heavy (non-hydrogen) atoms. The molecule has 0 spiro atoms. The molecule has 0 fully saturated rings. The summed E-state index contributed by atoms with van der Waals surface area (Å²) in [6, 6.07) is 4.56. The zero-order chi connectivity index (χ0) is 17.2. The maximum Gasteiger partial charge on any atom is 0.241 e. The lowest BCUT2D eigenvalue weighted by molar-refractivity contribution is 0.227. The first-order valence-corrected chi connectivity index (χ1v) is 9.19. The lowest BCUT2D eigenvalue weighted by Crippen LogP contribution is -2.34. The number of benzene rings is 1. The zero-order valence-corrected chi connectivity index (χ0v) is 14.4. The Morgan fingerprint density at radius 1 is 1.39 bits per heavy atom. The van der Waals surface area contributed by atoms with E-state index >= 15 is 0 Å². The molecule has 0 amide bonds. The Morgan fingerprint density at radius 3 is 2.70 bits per heavy atom. The number of hydrogen-bond acceptors (Lipinski definition) is 6. The fourth-order valence-corrected chi connectivity index (χ4v) is 3.23. The molecule has 0 saturated heterocycles. The summed E-state index contributed by atoms with van der Waals surface area (Å²) in [6.07, 6.45) is 1.20. The van der Waals surface area contributed by atoms with Gasteiger partial charge in [-0.2, -0.15) is 4.98 Å². The van der Waals surface area contributed by atoms with E-state index in [0.717, 1.165) is 0 Å². The first-order valence-electron chi connectivity index (χ1n) is 7.13. The van der Waals surface area contributed by atoms with Gasteiger partial charge in [-0.3, -0.25) is 4.90 Å². The molecule has 0 N–H and O–H groups in total. The third-order valence-electron chi connectivity index (χ3n) is 3.58. The van der Waals surface area contributed by atoms with Crippen molar-refractivity contribution in [3.63, 3.8) is 0 Å². The molecule has 2 aromatic rings. The average molecular weight is 341 g/mol. The molecule has 0 aliphatic rings. The van der Waals surface area contributed by atoms with E-state index in [4.69, 9.17) is 4.52 Å². The van der Waals surface area contributed by atoms with Gasteiger partial charge in [-0.25, -0.2) is 12.8 Å². The van der Waals surface area contributed by atoms with Crippen LogP contribution >= 0.6 is 0 Å². The van der Waals surface area contributed by atoms with Crippen LogP contribution in [0.5, 0.6) is 0 Å². The van der Waals surface area contributed by atoms with E-state index in [0.29, 0.717) is 29.4 Å². The molecular formula is C15H20FN3O3S. The Morgan fingerprint density at radius 2 is 2.09 bits per heavy atom. The average Bonchev–Trinajstić information content (AvgIpc) is 2.88. The van der Waals surface area contributed by atoms with E-state index in [1.54, 1.807) is 26.1 Å². The van der Waals surface area contributed by atoms with E-state index in [1.807, 2.05) is 11.8 Å². The lowest BCUT2D eigenvalue weighted by atomic mass is 10.1. The summed E-state index contributed by atoms with van der Waals surface area (Å²) in [4.78, 5) is 6.05. The number of nitrogens with zero attached hydrogens (tertiary/aromatic N) is 3. The van der Waals surface area contributed by atoms with Crippen molar-refractivity contribution in [2.24, 2.45) is 0 Å². The largest absolute Gasteiger partial charge is 0.338 e. The highest BCUT2D eigenvalue weighted by Gasteiger charge is 2.18. The topological polar surface area (TPSA) is 76.3 Å². The van der Waals surface area contributed by atoms with Crippen molar-refractivity contribution in [1.82, 2.24) is 15.0 Å². The highest BCUT2D eigenvalue weighted by Crippen LogP contribution is 2.19. The van der Waals surface area contributed by atoms with Crippen molar-refractivity contribution in [3.05, 3.63) is 35.5 Å². The monoisotopic (exact) mass is 341 g/mol. The smallest absolute Gasteiger partial charge is 0.241 e. The first-order chi connectivity index (χ1) is 10.7. The second kappa shape index (κ2) is 6.76. The molecule has 1 heterocycles. The van der Waals surface area contributed by atoms with Crippen LogP contribution in [0, 0.1) is 12.7 Å². The van der Waals surface area contributed by atoms with Crippen LogP contribution in [0.4, 0.5) is 4.39 Å². The predicted molar refractivity (Wildman–Crippen MR) is 85.1 cm³/mol. The van der Waals surface area contributed by atoms with E-state index < -0.39 is 9.84 Å². The van der Waals surface area contributed by atoms with Gasteiger partial charge in [0, 0.05) is 17.9 Å². The molecule has 0 aliphatic heterocycles. The van der Waals surface area contributed by atoms with E-state index in [2.05, 4.69) is 10.1 Å². The van der Waals surface area contributed by atoms with Gasteiger partial charge in [-0.15, -0.1) is 0 Å². The van der Waals surface area contributed by atoms with Crippen LogP contribution in [0.2, 0.25) is 0 Å². The second-order valence-corrected chi connectivity index (χ2v) is 8.02. The summed E-state index contributed by atoms with van der Waals surface area (Å²) >= 11 is 0. The molecule has 2 rings (SSSR count). The van der Waals surface area contributed by atoms with Gasteiger partial charge in [-0.1, -0.05) is 17.3 Å². The fraction of sp³-hybridized carbons (Fsp3) is 0.467. The van der Waals surface area contributed by atoms with E-state index in [9.17, 15) is 12.8 Å². The van der Waals surface area contributed by atoms with Crippen molar-refractivity contribution in [2.75, 3.05) is 19.1 Å². The highest BCUT2D eigenvalue weighted by molar-refractivity contribution is 7.90. The van der Waals surface area contributed by atoms with Crippen molar-refractivity contribution in [2.45, 2.75) is 26.4 Å². The van der Waals surface area contributed by atoms with Crippen LogP contribution in [-0.2, 0) is 16.4 Å². The molecule has 1 atom stereocenters. The first kappa shape index (κ1) is 17.6. The molecule has 1 aromatic heterocycles. The fourth-order valence-electron chi connectivity index (χ4n) is 2.10. The normalized spacial score (nSPS) is 13.5. The Kier molecular flexibility index (Phi) is 5.16. The maximum atomic E-state index is 13.6. The Bertz CT molecular complexity index is 789. The number of halogens is 1. The Hall–Kier alpha value is -1.80. The summed E-state index contributed by atoms with van der Waals surface area (Å²) in [7, 11) is -1.27. The zero-order valence-electron chi connectivity index (χ0n) is 13.6. The van der Waals surface area contributed by atoms with Crippen LogP contribution in [-0.4, -0.2) is 48.6 Å². The van der Waals surface area contributed by atoms with Crippen LogP contribution in [0.1, 0.15) is 18.4 Å². The van der Waals surface area contributed by atoms with Crippen LogP contribution in [0.25, 0.3) is 11.4 Å². The quantitative estimate of drug-likeness (QED) is 0.800. The van der Waals surface area contributed by atoms with Crippen LogP contribution in [0.15, 0.2) is 22.7 Å². The van der Waals surface area contributed by atoms with Gasteiger partial charge in [0.2, 0.25) is 11.7 Å². The Labute approximate surface area is 135 Å². The number of hydrogen-bond donors (Lipinski definition) is 0. The summed E-state index contributed by atoms with van der Waals surface area (Å²) < 4.78 is 41.4. The highest BCUT2D eigenvalue weighted by atomic mass is 32.2. The molecule has 8 heteroatoms. The molecule has 0 bridgehead atoms. The number of rotatable bonds is 6. The molecular weight excluding hydrogens is 321 g/mol. The van der Waals surface area contributed by atoms with Gasteiger partial charge in [0.1, 0.15) is 15.7 Å². The molecule has 0 saturated carbocycles. The third-order valence-corrected chi connectivity index (χ3v) is 4.67. The van der Waals surface area contributed by atoms with Gasteiger partial charge in [0.15, 0.2) is 0 Å². The van der Waals surface area contributed by atoms with Gasteiger partial charge < -0.3 is 4.52 Å². The van der Waals surface area contributed by atoms with Crippen LogP contribution in [0.3, 0.4) is 0 Å². The van der Waals surface area contributed by atoms with Gasteiger partial charge in [0.05, 0.1) is 12.3 Å². The molecule has 0 unspecified atom stereocenters. The minimum Gasteiger partial charge on any atom is -0.338 e. The summed E-state index contributed by atoms with van der Waals surface area (Å²) in [5.41, 5.74) is 1.08. The lowest BCUT2D eigenvalue weighted by Gasteiger charge is -2.21. The van der Waals surface area contributed by atoms with Crippen molar-refractivity contribution in [1.29, 1.82) is 0 Å². The molecule has 1 aromatic carbocycles. The van der Waals surface area contributed by atoms with E-state index in [1.165, 1.54) is 12.3 Å². The van der Waals surface area contributed by atoms with Crippen molar-refractivity contribution < 1.29 is 17.3 Å². The van der Waals surface area contributed by atoms with Crippen LogP contribution < -0.4 is 0 Å². The number of aryl methyl sites for hydroxylation is 1. The SMILES string of the molecule is Cc1ccc(-c2noc(CN(C)[C@H](C)CS(C)(=O)=O)n2)cc1F. The molecule has 0 aliphatic carbocycles. The van der Waals surface area contributed by atoms with Gasteiger partial charge in [0.25, 0.3) is 0 Å². The third kappa shape index (κ3) is 4.84. The number of sulfone groups is 1.